The van der Waals surface area contributed by atoms with E-state index in [1.807, 2.05) is 0 Å². The molecule has 142 valence electrons. The van der Waals surface area contributed by atoms with E-state index < -0.39 is 20.0 Å². The molecule has 9 heteroatoms. The van der Waals surface area contributed by atoms with E-state index >= 15 is 0 Å². The van der Waals surface area contributed by atoms with E-state index in [4.69, 9.17) is 5.73 Å². The third kappa shape index (κ3) is 5.01. The summed E-state index contributed by atoms with van der Waals surface area (Å²) in [5, 5.41) is 0. The molecule has 0 saturated carbocycles. The molecule has 1 aliphatic heterocycles. The number of rotatable bonds is 7. The Morgan fingerprint density at radius 3 is 2.40 bits per heavy atom. The van der Waals surface area contributed by atoms with Gasteiger partial charge in [-0.3, -0.25) is 0 Å². The van der Waals surface area contributed by atoms with Crippen LogP contribution in [0.15, 0.2) is 28.0 Å². The minimum atomic E-state index is -3.77. The molecule has 7 nitrogen and oxygen atoms in total. The Hall–Kier alpha value is -1.00. The summed E-state index contributed by atoms with van der Waals surface area (Å²) in [7, 11) is -7.46. The van der Waals surface area contributed by atoms with Gasteiger partial charge in [0, 0.05) is 25.7 Å². The van der Waals surface area contributed by atoms with Crippen molar-refractivity contribution in [2.24, 2.45) is 5.73 Å². The average Bonchev–Trinajstić information content (AvgIpc) is 2.55. The summed E-state index contributed by atoms with van der Waals surface area (Å²) >= 11 is 0. The highest BCUT2D eigenvalue weighted by Crippen LogP contribution is 2.25. The van der Waals surface area contributed by atoms with Crippen LogP contribution in [0.25, 0.3) is 0 Å². The van der Waals surface area contributed by atoms with Gasteiger partial charge in [-0.1, -0.05) is 12.5 Å². The number of nitrogens with two attached hydrogens (primary N) is 1. The van der Waals surface area contributed by atoms with Gasteiger partial charge in [-0.2, -0.15) is 4.31 Å². The molecule has 0 bridgehead atoms. The molecule has 25 heavy (non-hydrogen) atoms. The number of benzene rings is 1. The molecule has 1 heterocycles. The fraction of sp³-hybridized carbons (Fsp3) is 0.625. The van der Waals surface area contributed by atoms with Crippen LogP contribution in [0.3, 0.4) is 0 Å². The predicted octanol–water partition coefficient (Wildman–Crippen LogP) is 1.19. The summed E-state index contributed by atoms with van der Waals surface area (Å²) in [4.78, 5) is 0.0165. The standard InChI is InChI=1S/C16H27N3O4S2/c1-13-6-7-15(24(20,21)18-9-8-14(2)17)12-16(13)25(22,23)19-10-4-3-5-11-19/h6-7,12,14,18H,3-5,8-11,17H2,1-2H3. The molecule has 1 fully saturated rings. The predicted molar refractivity (Wildman–Crippen MR) is 97.2 cm³/mol. The van der Waals surface area contributed by atoms with E-state index in [-0.39, 0.29) is 22.4 Å². The third-order valence-electron chi connectivity index (χ3n) is 4.29. The molecule has 0 aromatic heterocycles. The molecule has 1 saturated heterocycles. The third-order valence-corrected chi connectivity index (χ3v) is 7.79. The van der Waals surface area contributed by atoms with E-state index in [0.717, 1.165) is 19.3 Å². The fourth-order valence-electron chi connectivity index (χ4n) is 2.77. The highest BCUT2D eigenvalue weighted by molar-refractivity contribution is 7.90. The minimum absolute atomic E-state index is 0.0432. The van der Waals surface area contributed by atoms with Crippen molar-refractivity contribution in [3.05, 3.63) is 23.8 Å². The summed E-state index contributed by atoms with van der Waals surface area (Å²) in [6.07, 6.45) is 3.18. The zero-order chi connectivity index (χ0) is 18.7. The molecule has 0 spiro atoms. The molecule has 0 aliphatic carbocycles. The number of nitrogens with one attached hydrogen (secondary N) is 1. The van der Waals surface area contributed by atoms with Crippen LogP contribution in [0.4, 0.5) is 0 Å². The monoisotopic (exact) mass is 389 g/mol. The lowest BCUT2D eigenvalue weighted by Crippen LogP contribution is -2.36. The topological polar surface area (TPSA) is 110 Å². The fourth-order valence-corrected chi connectivity index (χ4v) is 5.69. The van der Waals surface area contributed by atoms with E-state index in [1.54, 1.807) is 13.8 Å². The van der Waals surface area contributed by atoms with Crippen LogP contribution in [0, 0.1) is 6.92 Å². The van der Waals surface area contributed by atoms with Crippen LogP contribution in [-0.2, 0) is 20.0 Å². The van der Waals surface area contributed by atoms with Crippen molar-refractivity contribution in [2.75, 3.05) is 19.6 Å². The molecule has 1 aliphatic rings. The number of aryl methyl sites for hydroxylation is 1. The first-order chi connectivity index (χ1) is 11.6. The summed E-state index contributed by atoms with van der Waals surface area (Å²) in [5.74, 6) is 0. The molecule has 1 aromatic carbocycles. The van der Waals surface area contributed by atoms with E-state index in [0.29, 0.717) is 25.1 Å². The Balaban J connectivity index is 2.30. The number of piperidine rings is 1. The second-order valence-electron chi connectivity index (χ2n) is 6.56. The van der Waals surface area contributed by atoms with Crippen molar-refractivity contribution in [1.29, 1.82) is 0 Å². The van der Waals surface area contributed by atoms with Gasteiger partial charge in [-0.05, 0) is 50.8 Å². The van der Waals surface area contributed by atoms with Crippen LogP contribution < -0.4 is 10.5 Å². The van der Waals surface area contributed by atoms with Crippen LogP contribution in [-0.4, -0.2) is 46.8 Å². The number of nitrogens with zero attached hydrogens (tertiary/aromatic N) is 1. The first kappa shape index (κ1) is 20.3. The van der Waals surface area contributed by atoms with Crippen molar-refractivity contribution in [3.8, 4) is 0 Å². The average molecular weight is 390 g/mol. The maximum atomic E-state index is 12.9. The Labute approximate surface area is 150 Å². The van der Waals surface area contributed by atoms with Crippen molar-refractivity contribution in [3.63, 3.8) is 0 Å². The zero-order valence-electron chi connectivity index (χ0n) is 14.7. The Morgan fingerprint density at radius 1 is 1.16 bits per heavy atom. The van der Waals surface area contributed by atoms with Crippen molar-refractivity contribution in [2.45, 2.75) is 55.4 Å². The van der Waals surface area contributed by atoms with Gasteiger partial charge in [0.05, 0.1) is 9.79 Å². The second-order valence-corrected chi connectivity index (χ2v) is 10.2. The minimum Gasteiger partial charge on any atom is -0.328 e. The van der Waals surface area contributed by atoms with Gasteiger partial charge in [0.1, 0.15) is 0 Å². The molecule has 1 unspecified atom stereocenters. The first-order valence-electron chi connectivity index (χ1n) is 8.50. The van der Waals surface area contributed by atoms with Gasteiger partial charge < -0.3 is 5.73 Å². The quantitative estimate of drug-likeness (QED) is 0.728. The molecule has 3 N–H and O–H groups in total. The molecule has 2 rings (SSSR count). The molecule has 1 atom stereocenters. The first-order valence-corrected chi connectivity index (χ1v) is 11.4. The van der Waals surface area contributed by atoms with Crippen molar-refractivity contribution in [1.82, 2.24) is 9.03 Å². The smallest absolute Gasteiger partial charge is 0.243 e. The molecular formula is C16H27N3O4S2. The lowest BCUT2D eigenvalue weighted by molar-refractivity contribution is 0.346. The maximum absolute atomic E-state index is 12.9. The molecule has 0 amide bonds. The van der Waals surface area contributed by atoms with Crippen LogP contribution in [0.1, 0.15) is 38.2 Å². The maximum Gasteiger partial charge on any atom is 0.243 e. The Morgan fingerprint density at radius 2 is 1.80 bits per heavy atom. The van der Waals surface area contributed by atoms with Crippen LogP contribution in [0.2, 0.25) is 0 Å². The van der Waals surface area contributed by atoms with Gasteiger partial charge in [0.2, 0.25) is 20.0 Å². The van der Waals surface area contributed by atoms with Crippen molar-refractivity contribution >= 4 is 20.0 Å². The SMILES string of the molecule is Cc1ccc(S(=O)(=O)NCCC(C)N)cc1S(=O)(=O)N1CCCCC1. The lowest BCUT2D eigenvalue weighted by Gasteiger charge is -2.26. The Kier molecular flexibility index (Phi) is 6.61. The summed E-state index contributed by atoms with van der Waals surface area (Å²) in [6.45, 7) is 4.64. The van der Waals surface area contributed by atoms with Gasteiger partial charge in [-0.15, -0.1) is 0 Å². The molecular weight excluding hydrogens is 362 g/mol. The van der Waals surface area contributed by atoms with Gasteiger partial charge in [0.15, 0.2) is 0 Å². The largest absolute Gasteiger partial charge is 0.328 e. The lowest BCUT2D eigenvalue weighted by atomic mass is 10.2. The number of hydrogen-bond acceptors (Lipinski definition) is 5. The van der Waals surface area contributed by atoms with Crippen molar-refractivity contribution < 1.29 is 16.8 Å². The zero-order valence-corrected chi connectivity index (χ0v) is 16.4. The summed E-state index contributed by atoms with van der Waals surface area (Å²) < 4.78 is 54.5. The van der Waals surface area contributed by atoms with E-state index in [1.165, 1.54) is 22.5 Å². The molecule has 0 radical (unpaired) electrons. The number of sulfonamides is 2. The van der Waals surface area contributed by atoms with Gasteiger partial charge >= 0.3 is 0 Å². The Bertz CT molecular complexity index is 799. The van der Waals surface area contributed by atoms with Crippen LogP contribution in [0.5, 0.6) is 0 Å². The highest BCUT2D eigenvalue weighted by Gasteiger charge is 2.28. The van der Waals surface area contributed by atoms with Gasteiger partial charge in [-0.25, -0.2) is 21.6 Å². The van der Waals surface area contributed by atoms with E-state index in [2.05, 4.69) is 4.72 Å². The van der Waals surface area contributed by atoms with Crippen LogP contribution >= 0.6 is 0 Å². The van der Waals surface area contributed by atoms with Gasteiger partial charge in [0.25, 0.3) is 0 Å². The summed E-state index contributed by atoms with van der Waals surface area (Å²) in [5.41, 5.74) is 6.17. The normalized spacial score (nSPS) is 18.2. The van der Waals surface area contributed by atoms with E-state index in [9.17, 15) is 16.8 Å². The molecule has 1 aromatic rings. The summed E-state index contributed by atoms with van der Waals surface area (Å²) in [6, 6.07) is 4.11. The number of hydrogen-bond donors (Lipinski definition) is 2. The second kappa shape index (κ2) is 8.13. The highest BCUT2D eigenvalue weighted by atomic mass is 32.2.